The number of hydrogen-bond donors (Lipinski definition) is 24. The first-order valence-corrected chi connectivity index (χ1v) is 32.1. The molecule has 30 rings (SSSR count). The molecule has 0 aromatic heterocycles. The average Bonchev–Trinajstić information content (AvgIpc) is 0.716. The Labute approximate surface area is 559 Å². The summed E-state index contributed by atoms with van der Waals surface area (Å²) < 4.78 is 93.4. The van der Waals surface area contributed by atoms with Crippen LogP contribution in [0.5, 0.6) is 0 Å². The van der Waals surface area contributed by atoms with Crippen LogP contribution in [0.3, 0.4) is 0 Å². The number of aliphatic hydroxyl groups excluding tert-OH is 24. The van der Waals surface area contributed by atoms with E-state index in [-0.39, 0.29) is 11.0 Å². The minimum absolute atomic E-state index is 0.193. The predicted octanol–water partition coefficient (Wildman–Crippen LogP) is -16.9. The number of likely N-dealkylation sites (N-methyl/N-ethyl adjacent to an activating group) is 1. The molecular formula is C56H100N2O40+2. The van der Waals surface area contributed by atoms with Gasteiger partial charge in [0.15, 0.2) is 56.4 Å². The van der Waals surface area contributed by atoms with Crippen LogP contribution in [-0.2, 0) is 75.8 Å². The lowest BCUT2D eigenvalue weighted by Crippen LogP contribution is -2.71. The molecule has 16 bridgehead atoms. The Balaban J connectivity index is 1.01. The Morgan fingerprint density at radius 3 is 0.592 bits per heavy atom. The van der Waals surface area contributed by atoms with E-state index in [0.717, 1.165) is 0 Å². The molecule has 24 N–H and O–H groups in total. The van der Waals surface area contributed by atoms with Crippen LogP contribution in [0.2, 0.25) is 0 Å². The molecule has 0 saturated carbocycles. The second-order valence-electron chi connectivity index (χ2n) is 27.5. The fourth-order valence-corrected chi connectivity index (χ4v) is 13.4. The summed E-state index contributed by atoms with van der Waals surface area (Å²) in [6.07, 6.45) is -84.3. The normalized spacial score (nSPS) is 51.6. The fraction of sp³-hybridized carbons (Fsp3) is 1.00. The molecule has 42 heteroatoms. The van der Waals surface area contributed by atoms with Gasteiger partial charge in [-0.15, -0.1) is 0 Å². The Kier molecular flexibility index (Phi) is 27.4. The van der Waals surface area contributed by atoms with E-state index in [2.05, 4.69) is 0 Å². The van der Waals surface area contributed by atoms with Crippen LogP contribution in [0, 0.1) is 0 Å². The van der Waals surface area contributed by atoms with Crippen LogP contribution in [0.25, 0.3) is 0 Å². The van der Waals surface area contributed by atoms with Crippen molar-refractivity contribution in [2.75, 3.05) is 94.6 Å². The highest BCUT2D eigenvalue weighted by atomic mass is 16.8. The van der Waals surface area contributed by atoms with Gasteiger partial charge in [-0.25, -0.2) is 0 Å². The van der Waals surface area contributed by atoms with Gasteiger partial charge in [0.25, 0.3) is 0 Å². The Bertz CT molecular complexity index is 2440. The van der Waals surface area contributed by atoms with Gasteiger partial charge >= 0.3 is 0 Å². The molecule has 42 nitrogen and oxygen atoms in total. The smallest absolute Gasteiger partial charge is 0.220 e. The van der Waals surface area contributed by atoms with E-state index in [9.17, 15) is 123 Å². The number of nitrogens with zero attached hydrogens (tertiary/aromatic N) is 2. The Morgan fingerprint density at radius 1 is 0.235 bits per heavy atom. The second kappa shape index (κ2) is 33.4. The molecule has 0 spiro atoms. The molecule has 0 radical (unpaired) electrons. The van der Waals surface area contributed by atoms with Gasteiger partial charge in [-0.1, -0.05) is 0 Å². The zero-order valence-electron chi connectivity index (χ0n) is 53.9. The van der Waals surface area contributed by atoms with Gasteiger partial charge in [0.1, 0.15) is 189 Å². The summed E-state index contributed by atoms with van der Waals surface area (Å²) in [5.74, 6) is 0. The molecule has 30 saturated heterocycles. The standard InChI is InChI=1S/C56H100N2O40/c1-57(2,3)7-6-8-58(4,5)48(82)47-46-30(73)38(81)56(98-47)96-45-22(15-65)88-54(36(79)28(45)71)94-43-20(13-63)86-52(34(77)26(43)69)92-41-18(11-61)84-50(32(75)24(41)67)90-39-16(9-59)83-49(31(74)23(39)66)91-40-17(10-60)85-51(33(76)25(40)68)93-42-19(12-62)87-53(35(78)27(42)70)95-44-21(14-64)89-55(97-46)37(80)29(44)72/h16-56,59-82H,6-15H2,1-5H3/q+2/t16-,17-,18-,19-,20-,21-,22-,23-,24-,25-,26-,27-,28-,29-,30-,31-,32-,33-,34-,35-,36-,37-,38-,39-,40-,41-,42-,43-,44-,45-,46+,47+,48?,49-,50-,51-,52-,53-,54-,55-,56+/m1/s1. The van der Waals surface area contributed by atoms with Crippen LogP contribution in [-0.4, -0.2) is 478 Å². The van der Waals surface area contributed by atoms with Gasteiger partial charge in [0.2, 0.25) is 6.23 Å². The minimum Gasteiger partial charge on any atom is -0.394 e. The van der Waals surface area contributed by atoms with Crippen molar-refractivity contribution in [3.63, 3.8) is 0 Å². The summed E-state index contributed by atoms with van der Waals surface area (Å²) >= 11 is 0. The highest BCUT2D eigenvalue weighted by molar-refractivity contribution is 5.03. The van der Waals surface area contributed by atoms with Crippen molar-refractivity contribution < 1.29 is 207 Å². The molecular weight excluding hydrogens is 1340 g/mol. The predicted molar refractivity (Wildman–Crippen MR) is 304 cm³/mol. The monoisotopic (exact) mass is 1440 g/mol. The first kappa shape index (κ1) is 80.4. The third kappa shape index (κ3) is 16.6. The maximum atomic E-state index is 12.3. The number of quaternary nitrogens is 2. The van der Waals surface area contributed by atoms with E-state index in [1.165, 1.54) is 0 Å². The highest BCUT2D eigenvalue weighted by Crippen LogP contribution is 2.41. The van der Waals surface area contributed by atoms with Gasteiger partial charge in [-0.2, -0.15) is 0 Å². The zero-order chi connectivity index (χ0) is 72.1. The molecule has 1 unspecified atom stereocenters. The first-order valence-electron chi connectivity index (χ1n) is 32.1. The van der Waals surface area contributed by atoms with Crippen LogP contribution < -0.4 is 0 Å². The van der Waals surface area contributed by atoms with Gasteiger partial charge in [0, 0.05) is 6.42 Å². The number of hydrogen-bond acceptors (Lipinski definition) is 40. The van der Waals surface area contributed by atoms with Gasteiger partial charge < -0.3 is 207 Å². The third-order valence-corrected chi connectivity index (χ3v) is 19.2. The van der Waals surface area contributed by atoms with Crippen molar-refractivity contribution >= 4 is 0 Å². The summed E-state index contributed by atoms with van der Waals surface area (Å²) in [6.45, 7) is -6.85. The van der Waals surface area contributed by atoms with Crippen molar-refractivity contribution in [2.24, 2.45) is 0 Å². The van der Waals surface area contributed by atoms with Crippen molar-refractivity contribution in [3.05, 3.63) is 0 Å². The summed E-state index contributed by atoms with van der Waals surface area (Å²) in [7, 11) is 8.88. The molecule has 30 fully saturated rings. The molecule has 0 aromatic rings. The topological polar surface area (TPSA) is 633 Å². The quantitative estimate of drug-likeness (QED) is 0.0601. The van der Waals surface area contributed by atoms with Crippen molar-refractivity contribution in [3.8, 4) is 0 Å². The maximum Gasteiger partial charge on any atom is 0.220 e. The summed E-state index contributed by atoms with van der Waals surface area (Å²) in [5.41, 5.74) is 0. The minimum atomic E-state index is -2.30. The Morgan fingerprint density at radius 2 is 0.408 bits per heavy atom. The molecule has 30 heterocycles. The van der Waals surface area contributed by atoms with E-state index >= 15 is 0 Å². The van der Waals surface area contributed by atoms with Gasteiger partial charge in [0.05, 0.1) is 94.6 Å². The fourth-order valence-electron chi connectivity index (χ4n) is 13.4. The molecule has 30 aliphatic heterocycles. The summed E-state index contributed by atoms with van der Waals surface area (Å²) in [4.78, 5) is 0. The van der Waals surface area contributed by atoms with Crippen molar-refractivity contribution in [2.45, 2.75) is 258 Å². The van der Waals surface area contributed by atoms with Gasteiger partial charge in [-0.05, 0) is 0 Å². The lowest BCUT2D eigenvalue weighted by atomic mass is 9.94. The van der Waals surface area contributed by atoms with Crippen molar-refractivity contribution in [1.82, 2.24) is 0 Å². The molecule has 98 heavy (non-hydrogen) atoms. The first-order chi connectivity index (χ1) is 46.2. The third-order valence-electron chi connectivity index (χ3n) is 19.2. The lowest BCUT2D eigenvalue weighted by Gasteiger charge is -2.51. The summed E-state index contributed by atoms with van der Waals surface area (Å²) in [5, 5.41) is 272. The molecule has 41 atom stereocenters. The largest absolute Gasteiger partial charge is 0.394 e. The SMILES string of the molecule is C[N+](C)(C)CCC[N+](C)(C)C(O)[C@H]1O[C@@H]2O[C@H]3[C@H](O)[C@@H](O)[C@@H](O[C@H]4[C@H](O)[C@@H](O)[C@@H](O[C@H]5[C@H](O)[C@@H](O)[C@@H](O[C@H]6[C@H](O)[C@@H](O)[C@@H](O[C@H]7[C@H](O)[C@@H](O)[C@@H](O[C@H]8[C@H](O)[C@@H](O)[C@@H](O[C@H]9[C@H](O)[C@@H](O)[C@@H](O[C@H]1[C@H](O)[C@H]2O)O[C@@H]9CO)O[C@@H]8CO)O[C@@H]7CO)O[C@@H]6CO)O[C@@H]5CO)O[C@@H]4CO)O[C@@H]3CO. The molecule has 30 aliphatic rings. The van der Waals surface area contributed by atoms with Gasteiger partial charge in [-0.3, -0.25) is 0 Å². The van der Waals surface area contributed by atoms with E-state index in [1.807, 2.05) is 21.1 Å². The highest BCUT2D eigenvalue weighted by Gasteiger charge is 2.62. The van der Waals surface area contributed by atoms with Crippen LogP contribution in [0.1, 0.15) is 6.42 Å². The van der Waals surface area contributed by atoms with Crippen LogP contribution in [0.15, 0.2) is 0 Å². The maximum absolute atomic E-state index is 12.3. The zero-order valence-corrected chi connectivity index (χ0v) is 53.9. The number of aliphatic hydroxyl groups is 24. The van der Waals surface area contributed by atoms with E-state index < -0.39 is 298 Å². The number of rotatable bonds is 13. The Hall–Kier alpha value is -1.68. The molecule has 0 aliphatic carbocycles. The molecule has 572 valence electrons. The molecule has 0 aromatic carbocycles. The molecule has 0 amide bonds. The average molecular weight is 1440 g/mol. The summed E-state index contributed by atoms with van der Waals surface area (Å²) in [6, 6.07) is 0. The lowest BCUT2D eigenvalue weighted by molar-refractivity contribution is -0.946. The van der Waals surface area contributed by atoms with Crippen molar-refractivity contribution in [1.29, 1.82) is 0 Å². The van der Waals surface area contributed by atoms with Crippen LogP contribution >= 0.6 is 0 Å². The van der Waals surface area contributed by atoms with E-state index in [4.69, 9.17) is 75.8 Å². The van der Waals surface area contributed by atoms with E-state index in [0.29, 0.717) is 17.4 Å². The van der Waals surface area contributed by atoms with E-state index in [1.54, 1.807) is 14.1 Å². The number of ether oxygens (including phenoxy) is 16. The second-order valence-corrected chi connectivity index (χ2v) is 27.5. The van der Waals surface area contributed by atoms with Crippen LogP contribution in [0.4, 0.5) is 0 Å².